The molecule has 0 aliphatic carbocycles. The number of hydrogen-bond donors (Lipinski definition) is 0. The van der Waals surface area contributed by atoms with Crippen molar-refractivity contribution in [1.82, 2.24) is 4.90 Å². The molecule has 0 radical (unpaired) electrons. The van der Waals surface area contributed by atoms with Crippen molar-refractivity contribution < 1.29 is 9.53 Å². The quantitative estimate of drug-likeness (QED) is 0.510. The summed E-state index contributed by atoms with van der Waals surface area (Å²) in [7, 11) is 1.61. The van der Waals surface area contributed by atoms with Crippen LogP contribution in [0.3, 0.4) is 0 Å². The van der Waals surface area contributed by atoms with E-state index in [0.717, 1.165) is 19.0 Å². The molecule has 2 aromatic carbocycles. The minimum Gasteiger partial charge on any atom is -0.462 e. The minimum absolute atomic E-state index is 0.0108. The zero-order chi connectivity index (χ0) is 21.1. The molecule has 156 valence electrons. The number of piperidine rings is 1. The van der Waals surface area contributed by atoms with Gasteiger partial charge in [0, 0.05) is 23.9 Å². The molecule has 1 heterocycles. The van der Waals surface area contributed by atoms with E-state index in [0.29, 0.717) is 6.42 Å². The lowest BCUT2D eigenvalue weighted by Gasteiger charge is -2.53. The summed E-state index contributed by atoms with van der Waals surface area (Å²) in [4.78, 5) is 15.2. The lowest BCUT2D eigenvalue weighted by atomic mass is 9.79. The van der Waals surface area contributed by atoms with Gasteiger partial charge >= 0.3 is 5.97 Å². The molecule has 29 heavy (non-hydrogen) atoms. The monoisotopic (exact) mass is 411 g/mol. The fraction of sp³-hybridized carbons (Fsp3) is 0.480. The van der Waals surface area contributed by atoms with E-state index in [1.165, 1.54) is 10.6 Å². The van der Waals surface area contributed by atoms with Crippen LogP contribution in [0.2, 0.25) is 0 Å². The Hall–Kier alpha value is -1.70. The molecule has 2 aromatic rings. The lowest BCUT2D eigenvalue weighted by Crippen LogP contribution is -2.60. The topological polar surface area (TPSA) is 29.5 Å². The predicted octanol–water partition coefficient (Wildman–Crippen LogP) is 4.70. The van der Waals surface area contributed by atoms with Crippen LogP contribution in [0.1, 0.15) is 47.0 Å². The van der Waals surface area contributed by atoms with Crippen LogP contribution in [0, 0.1) is 0 Å². The number of hydrogen-bond acceptors (Lipinski definition) is 3. The number of rotatable bonds is 6. The fourth-order valence-electron chi connectivity index (χ4n) is 4.43. The summed E-state index contributed by atoms with van der Waals surface area (Å²) in [5.41, 5.74) is 0.0424. The molecule has 4 heteroatoms. The second-order valence-electron chi connectivity index (χ2n) is 9.28. The lowest BCUT2D eigenvalue weighted by molar-refractivity contribution is -0.158. The number of benzene rings is 2. The molecule has 0 amide bonds. The van der Waals surface area contributed by atoms with Crippen molar-refractivity contribution in [2.24, 2.45) is 0 Å². The molecule has 3 nitrogen and oxygen atoms in total. The number of carbonyl (C=O) groups is 1. The smallest absolute Gasteiger partial charge is 0.306 e. The van der Waals surface area contributed by atoms with Crippen LogP contribution >= 0.6 is 7.92 Å². The Morgan fingerprint density at radius 2 is 1.38 bits per heavy atom. The van der Waals surface area contributed by atoms with Gasteiger partial charge in [-0.05, 0) is 59.4 Å². The average Bonchev–Trinajstić information content (AvgIpc) is 2.67. The van der Waals surface area contributed by atoms with Gasteiger partial charge in [-0.1, -0.05) is 60.7 Å². The van der Waals surface area contributed by atoms with Gasteiger partial charge in [0.25, 0.3) is 0 Å². The molecule has 0 saturated carbocycles. The van der Waals surface area contributed by atoms with Gasteiger partial charge in [0.15, 0.2) is 0 Å². The number of nitrogens with zero attached hydrogens (tertiary/aromatic N) is 1. The van der Waals surface area contributed by atoms with E-state index in [1.54, 1.807) is 0 Å². The zero-order valence-corrected chi connectivity index (χ0v) is 19.3. The summed E-state index contributed by atoms with van der Waals surface area (Å²) < 4.78 is 5.98. The van der Waals surface area contributed by atoms with Crippen LogP contribution in [0.15, 0.2) is 60.7 Å². The van der Waals surface area contributed by atoms with Crippen LogP contribution in [-0.2, 0) is 9.53 Å². The van der Waals surface area contributed by atoms with Gasteiger partial charge in [0.05, 0.1) is 6.42 Å². The molecule has 1 saturated heterocycles. The number of likely N-dealkylation sites (tertiary alicyclic amines) is 1. The van der Waals surface area contributed by atoms with Crippen molar-refractivity contribution in [3.05, 3.63) is 60.7 Å². The van der Waals surface area contributed by atoms with E-state index in [9.17, 15) is 4.79 Å². The Balaban J connectivity index is 1.65. The van der Waals surface area contributed by atoms with Crippen molar-refractivity contribution in [3.63, 3.8) is 0 Å². The molecule has 3 rings (SSSR count). The van der Waals surface area contributed by atoms with Crippen LogP contribution in [0.4, 0.5) is 0 Å². The number of esters is 1. The molecule has 1 aliphatic rings. The Morgan fingerprint density at radius 3 is 1.83 bits per heavy atom. The highest BCUT2D eigenvalue weighted by atomic mass is 31.1. The molecule has 0 spiro atoms. The minimum atomic E-state index is -0.561. The highest BCUT2D eigenvalue weighted by molar-refractivity contribution is 7.73. The molecule has 1 aliphatic heterocycles. The van der Waals surface area contributed by atoms with Crippen LogP contribution in [-0.4, -0.2) is 41.3 Å². The maximum atomic E-state index is 12.8. The van der Waals surface area contributed by atoms with Gasteiger partial charge in [-0.15, -0.1) is 0 Å². The summed E-state index contributed by atoms with van der Waals surface area (Å²) in [5, 5.41) is 2.62. The zero-order valence-electron chi connectivity index (χ0n) is 18.4. The summed E-state index contributed by atoms with van der Waals surface area (Å²) in [6.45, 7) is 8.94. The second-order valence-corrected chi connectivity index (χ2v) is 11.6. The third-order valence-electron chi connectivity index (χ3n) is 6.24. The molecule has 1 fully saturated rings. The van der Waals surface area contributed by atoms with Gasteiger partial charge in [-0.2, -0.15) is 0 Å². The Bertz CT molecular complexity index is 747. The van der Waals surface area contributed by atoms with Crippen molar-refractivity contribution in [1.29, 1.82) is 0 Å². The van der Waals surface area contributed by atoms with Gasteiger partial charge < -0.3 is 4.74 Å². The first-order valence-corrected chi connectivity index (χ1v) is 12.0. The maximum Gasteiger partial charge on any atom is 0.306 e. The molecule has 0 N–H and O–H groups in total. The molecule has 0 aromatic heterocycles. The van der Waals surface area contributed by atoms with E-state index < -0.39 is 7.92 Å². The van der Waals surface area contributed by atoms with Gasteiger partial charge in [0.2, 0.25) is 0 Å². The third-order valence-corrected chi connectivity index (χ3v) is 8.76. The first kappa shape index (κ1) is 22.0. The van der Waals surface area contributed by atoms with Crippen LogP contribution < -0.4 is 10.6 Å². The molecule has 0 atom stereocenters. The third kappa shape index (κ3) is 5.47. The van der Waals surface area contributed by atoms with E-state index in [1.807, 2.05) is 12.1 Å². The van der Waals surface area contributed by atoms with Gasteiger partial charge in [0.1, 0.15) is 6.10 Å². The summed E-state index contributed by atoms with van der Waals surface area (Å²) in [5.74, 6) is -0.0643. The molecule has 0 bridgehead atoms. The van der Waals surface area contributed by atoms with E-state index >= 15 is 0 Å². The summed E-state index contributed by atoms with van der Waals surface area (Å²) in [6, 6.07) is 21.1. The summed E-state index contributed by atoms with van der Waals surface area (Å²) >= 11 is 0. The average molecular weight is 412 g/mol. The van der Waals surface area contributed by atoms with E-state index in [2.05, 4.69) is 88.2 Å². The summed E-state index contributed by atoms with van der Waals surface area (Å²) in [6.07, 6.45) is 3.03. The normalized spacial score (nSPS) is 19.2. The predicted molar refractivity (Wildman–Crippen MR) is 124 cm³/mol. The van der Waals surface area contributed by atoms with Crippen LogP contribution in [0.25, 0.3) is 0 Å². The van der Waals surface area contributed by atoms with Crippen molar-refractivity contribution in [2.75, 3.05) is 13.2 Å². The fourth-order valence-corrected chi connectivity index (χ4v) is 6.72. The van der Waals surface area contributed by atoms with Crippen molar-refractivity contribution >= 4 is 24.5 Å². The molecule has 0 unspecified atom stereocenters. The Kier molecular flexibility index (Phi) is 6.81. The highest BCUT2D eigenvalue weighted by Gasteiger charge is 2.44. The first-order valence-electron chi connectivity index (χ1n) is 10.5. The van der Waals surface area contributed by atoms with Crippen molar-refractivity contribution in [2.45, 2.75) is 64.1 Å². The maximum absolute atomic E-state index is 12.8. The largest absolute Gasteiger partial charge is 0.462 e. The van der Waals surface area contributed by atoms with Crippen LogP contribution in [0.5, 0.6) is 0 Å². The van der Waals surface area contributed by atoms with E-state index in [-0.39, 0.29) is 23.2 Å². The van der Waals surface area contributed by atoms with Gasteiger partial charge in [-0.3, -0.25) is 9.69 Å². The number of carbonyl (C=O) groups excluding carboxylic acids is 1. The molecular weight excluding hydrogens is 377 g/mol. The van der Waals surface area contributed by atoms with Crippen molar-refractivity contribution in [3.8, 4) is 0 Å². The number of ether oxygens (including phenoxy) is 1. The first-order chi connectivity index (χ1) is 13.7. The second kappa shape index (κ2) is 8.98. The SMILES string of the molecule is CN1C(C)(C)CC(OC(=O)CCP(c2ccccc2)c2ccccc2)CC1(C)C. The van der Waals surface area contributed by atoms with E-state index in [4.69, 9.17) is 4.74 Å². The highest BCUT2D eigenvalue weighted by Crippen LogP contribution is 2.39. The molecular formula is C25H34NO2P. The Labute approximate surface area is 177 Å². The standard InChI is InChI=1S/C25H34NO2P/c1-24(2)18-20(19-25(3,4)26(24)5)28-23(27)16-17-29(21-12-8-6-9-13-21)22-14-10-7-11-15-22/h6-15,20H,16-19H2,1-5H3. The van der Waals surface area contributed by atoms with Gasteiger partial charge in [-0.25, -0.2) is 0 Å². The Morgan fingerprint density at radius 1 is 0.931 bits per heavy atom.